The van der Waals surface area contributed by atoms with Crippen LogP contribution < -0.4 is 0 Å². The fraction of sp³-hybridized carbons (Fsp3) is 0.571. The highest BCUT2D eigenvalue weighted by atomic mass is 35.5. The first-order valence-corrected chi connectivity index (χ1v) is 10.2. The summed E-state index contributed by atoms with van der Waals surface area (Å²) in [4.78, 5) is 4.11. The molecule has 132 valence electrons. The number of thiophene rings is 1. The molecule has 10 heteroatoms. The summed E-state index contributed by atoms with van der Waals surface area (Å²) in [5.74, 6) is 1.12. The number of aryl methyl sites for hydroxylation is 1. The molecule has 1 fully saturated rings. The standard InChI is InChI=1S/C14H18ClN3O4S2/c1-10-16-13(17-22-10)6-8-21-11-3-2-7-18(9-11)24(19,20)14-5-4-12(15)23-14/h4-5,11H,2-3,6-9H2,1H3. The van der Waals surface area contributed by atoms with Crippen LogP contribution in [0.3, 0.4) is 0 Å². The maximum absolute atomic E-state index is 12.6. The summed E-state index contributed by atoms with van der Waals surface area (Å²) in [6.07, 6.45) is 2.02. The van der Waals surface area contributed by atoms with Crippen molar-refractivity contribution in [3.63, 3.8) is 0 Å². The highest BCUT2D eigenvalue weighted by Gasteiger charge is 2.31. The summed E-state index contributed by atoms with van der Waals surface area (Å²) in [6.45, 7) is 3.02. The molecule has 0 amide bonds. The number of hydrogen-bond acceptors (Lipinski definition) is 7. The van der Waals surface area contributed by atoms with Crippen LogP contribution in [0.1, 0.15) is 24.6 Å². The Morgan fingerprint density at radius 1 is 1.50 bits per heavy atom. The van der Waals surface area contributed by atoms with E-state index in [1.54, 1.807) is 19.1 Å². The smallest absolute Gasteiger partial charge is 0.252 e. The molecular weight excluding hydrogens is 374 g/mol. The number of ether oxygens (including phenoxy) is 1. The van der Waals surface area contributed by atoms with Gasteiger partial charge >= 0.3 is 0 Å². The largest absolute Gasteiger partial charge is 0.376 e. The van der Waals surface area contributed by atoms with Crippen LogP contribution in [0.2, 0.25) is 4.34 Å². The molecule has 0 N–H and O–H groups in total. The Bertz CT molecular complexity index is 790. The summed E-state index contributed by atoms with van der Waals surface area (Å²) >= 11 is 6.93. The zero-order valence-electron chi connectivity index (χ0n) is 13.1. The van der Waals surface area contributed by atoms with Gasteiger partial charge in [0.25, 0.3) is 10.0 Å². The molecule has 0 saturated carbocycles. The van der Waals surface area contributed by atoms with Crippen molar-refractivity contribution >= 4 is 33.0 Å². The molecule has 3 rings (SSSR count). The van der Waals surface area contributed by atoms with Gasteiger partial charge in [-0.3, -0.25) is 0 Å². The number of piperidine rings is 1. The molecule has 1 atom stereocenters. The Morgan fingerprint density at radius 2 is 2.33 bits per heavy atom. The molecule has 1 saturated heterocycles. The van der Waals surface area contributed by atoms with E-state index in [4.69, 9.17) is 20.9 Å². The van der Waals surface area contributed by atoms with Crippen LogP contribution in [0.15, 0.2) is 20.9 Å². The average molecular weight is 392 g/mol. The predicted octanol–water partition coefficient (Wildman–Crippen LogP) is 2.51. The SMILES string of the molecule is Cc1nc(CCOC2CCCN(S(=O)(=O)c3ccc(Cl)s3)C2)no1. The minimum absolute atomic E-state index is 0.128. The summed E-state index contributed by atoms with van der Waals surface area (Å²) in [7, 11) is -3.50. The summed E-state index contributed by atoms with van der Waals surface area (Å²) in [5.41, 5.74) is 0. The van der Waals surface area contributed by atoms with Gasteiger partial charge < -0.3 is 9.26 Å². The first-order valence-electron chi connectivity index (χ1n) is 7.61. The number of hydrogen-bond donors (Lipinski definition) is 0. The van der Waals surface area contributed by atoms with Crippen molar-refractivity contribution < 1.29 is 17.7 Å². The van der Waals surface area contributed by atoms with Crippen LogP contribution in [0.5, 0.6) is 0 Å². The monoisotopic (exact) mass is 391 g/mol. The Hall–Kier alpha value is -1.00. The quantitative estimate of drug-likeness (QED) is 0.752. The molecule has 0 aliphatic carbocycles. The Balaban J connectivity index is 1.56. The Morgan fingerprint density at radius 3 is 3.00 bits per heavy atom. The number of aromatic nitrogens is 2. The number of nitrogens with zero attached hydrogens (tertiary/aromatic N) is 3. The second kappa shape index (κ2) is 7.49. The highest BCUT2D eigenvalue weighted by Crippen LogP contribution is 2.29. The van der Waals surface area contributed by atoms with Gasteiger partial charge in [-0.25, -0.2) is 8.42 Å². The fourth-order valence-electron chi connectivity index (χ4n) is 2.58. The van der Waals surface area contributed by atoms with Crippen molar-refractivity contribution in [3.8, 4) is 0 Å². The van der Waals surface area contributed by atoms with Gasteiger partial charge in [0.05, 0.1) is 17.0 Å². The van der Waals surface area contributed by atoms with Crippen LogP contribution in [0.4, 0.5) is 0 Å². The van der Waals surface area contributed by atoms with E-state index in [0.717, 1.165) is 24.2 Å². The van der Waals surface area contributed by atoms with Crippen LogP contribution in [-0.4, -0.2) is 48.7 Å². The molecule has 3 heterocycles. The van der Waals surface area contributed by atoms with Crippen LogP contribution in [0, 0.1) is 6.92 Å². The Labute approximate surface area is 149 Å². The lowest BCUT2D eigenvalue weighted by Gasteiger charge is -2.31. The molecular formula is C14H18ClN3O4S2. The van der Waals surface area contributed by atoms with Crippen molar-refractivity contribution in [2.24, 2.45) is 0 Å². The molecule has 7 nitrogen and oxygen atoms in total. The van der Waals surface area contributed by atoms with Gasteiger partial charge in [-0.2, -0.15) is 9.29 Å². The number of halogens is 1. The third-order valence-corrected chi connectivity index (χ3v) is 7.30. The first kappa shape index (κ1) is 17.8. The third-order valence-electron chi connectivity index (χ3n) is 3.73. The maximum Gasteiger partial charge on any atom is 0.252 e. The summed E-state index contributed by atoms with van der Waals surface area (Å²) < 4.78 is 38.2. The average Bonchev–Trinajstić information content (AvgIpc) is 3.17. The van der Waals surface area contributed by atoms with E-state index < -0.39 is 10.0 Å². The van der Waals surface area contributed by atoms with Gasteiger partial charge in [-0.1, -0.05) is 16.8 Å². The molecule has 1 aliphatic rings. The summed E-state index contributed by atoms with van der Waals surface area (Å²) in [5, 5.41) is 3.81. The van der Waals surface area contributed by atoms with Crippen LogP contribution in [0.25, 0.3) is 0 Å². The van der Waals surface area contributed by atoms with E-state index in [9.17, 15) is 8.42 Å². The lowest BCUT2D eigenvalue weighted by atomic mass is 10.1. The van der Waals surface area contributed by atoms with Crippen LogP contribution in [-0.2, 0) is 21.2 Å². The van der Waals surface area contributed by atoms with E-state index in [1.807, 2.05) is 0 Å². The van der Waals surface area contributed by atoms with Gasteiger partial charge in [-0.05, 0) is 25.0 Å². The number of sulfonamides is 1. The molecule has 0 radical (unpaired) electrons. The van der Waals surface area contributed by atoms with Gasteiger partial charge in [0.15, 0.2) is 5.82 Å². The Kier molecular flexibility index (Phi) is 5.56. The van der Waals surface area contributed by atoms with Crippen molar-refractivity contribution in [1.29, 1.82) is 0 Å². The van der Waals surface area contributed by atoms with E-state index in [0.29, 0.717) is 42.2 Å². The molecule has 0 aromatic carbocycles. The highest BCUT2D eigenvalue weighted by molar-refractivity contribution is 7.91. The predicted molar refractivity (Wildman–Crippen MR) is 89.8 cm³/mol. The first-order chi connectivity index (χ1) is 11.4. The summed E-state index contributed by atoms with van der Waals surface area (Å²) in [6, 6.07) is 3.15. The van der Waals surface area contributed by atoms with Gasteiger partial charge in [-0.15, -0.1) is 11.3 Å². The normalized spacial score (nSPS) is 19.7. The molecule has 2 aromatic rings. The van der Waals surface area contributed by atoms with Crippen molar-refractivity contribution in [2.75, 3.05) is 19.7 Å². The molecule has 2 aromatic heterocycles. The minimum Gasteiger partial charge on any atom is -0.376 e. The minimum atomic E-state index is -3.50. The fourth-order valence-corrected chi connectivity index (χ4v) is 5.73. The van der Waals surface area contributed by atoms with E-state index in [1.165, 1.54) is 4.31 Å². The zero-order valence-corrected chi connectivity index (χ0v) is 15.5. The van der Waals surface area contributed by atoms with Crippen LogP contribution >= 0.6 is 22.9 Å². The second-order valence-electron chi connectivity index (χ2n) is 5.54. The lowest BCUT2D eigenvalue weighted by molar-refractivity contribution is 0.0199. The lowest BCUT2D eigenvalue weighted by Crippen LogP contribution is -2.43. The zero-order chi connectivity index (χ0) is 17.2. The molecule has 24 heavy (non-hydrogen) atoms. The molecule has 0 spiro atoms. The maximum atomic E-state index is 12.6. The van der Waals surface area contributed by atoms with Gasteiger partial charge in [0.1, 0.15) is 4.21 Å². The number of rotatable bonds is 6. The van der Waals surface area contributed by atoms with Gasteiger partial charge in [0.2, 0.25) is 5.89 Å². The molecule has 1 unspecified atom stereocenters. The molecule has 1 aliphatic heterocycles. The topological polar surface area (TPSA) is 85.5 Å². The van der Waals surface area contributed by atoms with Crippen molar-refractivity contribution in [3.05, 3.63) is 28.2 Å². The van der Waals surface area contributed by atoms with E-state index in [2.05, 4.69) is 10.1 Å². The molecule has 0 bridgehead atoms. The van der Waals surface area contributed by atoms with E-state index in [-0.39, 0.29) is 10.3 Å². The second-order valence-corrected chi connectivity index (χ2v) is 9.42. The van der Waals surface area contributed by atoms with E-state index >= 15 is 0 Å². The van der Waals surface area contributed by atoms with Gasteiger partial charge in [0, 0.05) is 26.4 Å². The third kappa shape index (κ3) is 4.15. The van der Waals surface area contributed by atoms with Crippen molar-refractivity contribution in [1.82, 2.24) is 14.4 Å². The van der Waals surface area contributed by atoms with Crippen molar-refractivity contribution in [2.45, 2.75) is 36.5 Å².